The Morgan fingerprint density at radius 3 is 2.89 bits per heavy atom. The van der Waals surface area contributed by atoms with Gasteiger partial charge in [-0.15, -0.1) is 5.10 Å². The molecule has 19 heavy (non-hydrogen) atoms. The quantitative estimate of drug-likeness (QED) is 0.845. The number of rotatable bonds is 7. The molecule has 4 nitrogen and oxygen atoms in total. The summed E-state index contributed by atoms with van der Waals surface area (Å²) in [6.07, 6.45) is 3.83. The SMILES string of the molecule is CCCNC(Cc1ccccc1OC)c1cnns1. The van der Waals surface area contributed by atoms with Crippen molar-refractivity contribution in [1.82, 2.24) is 14.9 Å². The summed E-state index contributed by atoms with van der Waals surface area (Å²) in [6, 6.07) is 8.38. The van der Waals surface area contributed by atoms with E-state index in [0.717, 1.165) is 25.1 Å². The molecular weight excluding hydrogens is 258 g/mol. The first-order valence-electron chi connectivity index (χ1n) is 6.47. The maximum absolute atomic E-state index is 5.41. The van der Waals surface area contributed by atoms with Gasteiger partial charge in [-0.25, -0.2) is 0 Å². The summed E-state index contributed by atoms with van der Waals surface area (Å²) in [7, 11) is 1.71. The number of hydrogen-bond donors (Lipinski definition) is 1. The molecule has 1 aromatic carbocycles. The van der Waals surface area contributed by atoms with E-state index in [9.17, 15) is 0 Å². The van der Waals surface area contributed by atoms with Crippen LogP contribution >= 0.6 is 11.5 Å². The lowest BCUT2D eigenvalue weighted by molar-refractivity contribution is 0.405. The zero-order valence-corrected chi connectivity index (χ0v) is 12.1. The van der Waals surface area contributed by atoms with E-state index < -0.39 is 0 Å². The highest BCUT2D eigenvalue weighted by molar-refractivity contribution is 7.05. The summed E-state index contributed by atoms with van der Waals surface area (Å²) in [5.74, 6) is 0.934. The fourth-order valence-corrected chi connectivity index (χ4v) is 2.59. The van der Waals surface area contributed by atoms with Crippen molar-refractivity contribution in [3.05, 3.63) is 40.9 Å². The summed E-state index contributed by atoms with van der Waals surface area (Å²) in [4.78, 5) is 1.17. The van der Waals surface area contributed by atoms with Crippen LogP contribution in [0.3, 0.4) is 0 Å². The molecule has 5 heteroatoms. The van der Waals surface area contributed by atoms with Crippen LogP contribution in [0, 0.1) is 0 Å². The van der Waals surface area contributed by atoms with E-state index in [4.69, 9.17) is 4.74 Å². The van der Waals surface area contributed by atoms with Crippen LogP contribution in [0.2, 0.25) is 0 Å². The number of nitrogens with one attached hydrogen (secondary N) is 1. The van der Waals surface area contributed by atoms with Gasteiger partial charge in [-0.1, -0.05) is 29.6 Å². The molecule has 1 unspecified atom stereocenters. The fraction of sp³-hybridized carbons (Fsp3) is 0.429. The average molecular weight is 277 g/mol. The van der Waals surface area contributed by atoms with E-state index in [-0.39, 0.29) is 6.04 Å². The lowest BCUT2D eigenvalue weighted by Crippen LogP contribution is -2.23. The molecule has 0 aliphatic heterocycles. The van der Waals surface area contributed by atoms with Crippen LogP contribution in [-0.4, -0.2) is 23.2 Å². The van der Waals surface area contributed by atoms with Gasteiger partial charge in [-0.3, -0.25) is 0 Å². The Bertz CT molecular complexity index is 487. The minimum atomic E-state index is 0.247. The van der Waals surface area contributed by atoms with Crippen LogP contribution < -0.4 is 10.1 Å². The van der Waals surface area contributed by atoms with Crippen molar-refractivity contribution in [2.24, 2.45) is 0 Å². The van der Waals surface area contributed by atoms with E-state index in [1.807, 2.05) is 24.4 Å². The number of para-hydroxylation sites is 1. The smallest absolute Gasteiger partial charge is 0.122 e. The molecule has 2 rings (SSSR count). The summed E-state index contributed by atoms with van der Waals surface area (Å²) in [5, 5.41) is 7.48. The van der Waals surface area contributed by atoms with Crippen molar-refractivity contribution in [3.63, 3.8) is 0 Å². The number of ether oxygens (including phenoxy) is 1. The summed E-state index contributed by atoms with van der Waals surface area (Å²) in [5.41, 5.74) is 1.20. The molecule has 0 fully saturated rings. The highest BCUT2D eigenvalue weighted by Gasteiger charge is 2.16. The van der Waals surface area contributed by atoms with Crippen molar-refractivity contribution in [2.45, 2.75) is 25.8 Å². The van der Waals surface area contributed by atoms with Gasteiger partial charge in [0.15, 0.2) is 0 Å². The van der Waals surface area contributed by atoms with Gasteiger partial charge in [-0.05, 0) is 42.5 Å². The van der Waals surface area contributed by atoms with Crippen LogP contribution in [0.25, 0.3) is 0 Å². The molecule has 0 saturated heterocycles. The third kappa shape index (κ3) is 3.75. The normalized spacial score (nSPS) is 12.3. The number of aromatic nitrogens is 2. The minimum Gasteiger partial charge on any atom is -0.496 e. The summed E-state index contributed by atoms with van der Waals surface area (Å²) >= 11 is 1.45. The summed E-state index contributed by atoms with van der Waals surface area (Å²) in [6.45, 7) is 3.15. The van der Waals surface area contributed by atoms with Crippen LogP contribution in [0.5, 0.6) is 5.75 Å². The van der Waals surface area contributed by atoms with Crippen LogP contribution in [-0.2, 0) is 6.42 Å². The third-order valence-electron chi connectivity index (χ3n) is 2.98. The molecule has 0 radical (unpaired) electrons. The number of benzene rings is 1. The van der Waals surface area contributed by atoms with Crippen molar-refractivity contribution < 1.29 is 4.74 Å². The van der Waals surface area contributed by atoms with Gasteiger partial charge in [0.05, 0.1) is 18.2 Å². The van der Waals surface area contributed by atoms with E-state index in [0.29, 0.717) is 0 Å². The van der Waals surface area contributed by atoms with Crippen molar-refractivity contribution in [1.29, 1.82) is 0 Å². The Hall–Kier alpha value is -1.46. The lowest BCUT2D eigenvalue weighted by atomic mass is 10.0. The number of hydrogen-bond acceptors (Lipinski definition) is 5. The number of nitrogens with zero attached hydrogens (tertiary/aromatic N) is 2. The number of methoxy groups -OCH3 is 1. The lowest BCUT2D eigenvalue weighted by Gasteiger charge is -2.17. The molecule has 2 aromatic rings. The Labute approximate surface area is 118 Å². The topological polar surface area (TPSA) is 47.0 Å². The Morgan fingerprint density at radius 1 is 1.37 bits per heavy atom. The first kappa shape index (κ1) is 14.0. The third-order valence-corrected chi connectivity index (χ3v) is 3.76. The molecule has 1 atom stereocenters. The molecule has 0 aliphatic carbocycles. The first-order chi connectivity index (χ1) is 9.35. The molecule has 0 aliphatic rings. The second-order valence-corrected chi connectivity index (χ2v) is 5.16. The van der Waals surface area contributed by atoms with Gasteiger partial charge >= 0.3 is 0 Å². The molecular formula is C14H19N3OS. The predicted molar refractivity (Wildman–Crippen MR) is 77.6 cm³/mol. The molecule has 1 aromatic heterocycles. The van der Waals surface area contributed by atoms with E-state index in [1.165, 1.54) is 22.0 Å². The van der Waals surface area contributed by atoms with Gasteiger partial charge in [-0.2, -0.15) is 0 Å². The fourth-order valence-electron chi connectivity index (χ4n) is 2.01. The highest BCUT2D eigenvalue weighted by atomic mass is 32.1. The molecule has 1 heterocycles. The molecule has 0 amide bonds. The standard InChI is InChI=1S/C14H19N3OS/c1-3-8-15-12(14-10-16-17-19-14)9-11-6-4-5-7-13(11)18-2/h4-7,10,12,15H,3,8-9H2,1-2H3. The Morgan fingerprint density at radius 2 is 2.21 bits per heavy atom. The van der Waals surface area contributed by atoms with E-state index in [2.05, 4.69) is 27.9 Å². The van der Waals surface area contributed by atoms with Gasteiger partial charge in [0.1, 0.15) is 5.75 Å². The van der Waals surface area contributed by atoms with Crippen molar-refractivity contribution in [3.8, 4) is 5.75 Å². The second-order valence-electron chi connectivity index (χ2n) is 4.34. The minimum absolute atomic E-state index is 0.247. The van der Waals surface area contributed by atoms with Crippen molar-refractivity contribution >= 4 is 11.5 Å². The second kappa shape index (κ2) is 7.21. The highest BCUT2D eigenvalue weighted by Crippen LogP contribution is 2.25. The van der Waals surface area contributed by atoms with Crippen LogP contribution in [0.4, 0.5) is 0 Å². The van der Waals surface area contributed by atoms with Crippen molar-refractivity contribution in [2.75, 3.05) is 13.7 Å². The Kier molecular flexibility index (Phi) is 5.30. The first-order valence-corrected chi connectivity index (χ1v) is 7.25. The van der Waals surface area contributed by atoms with Gasteiger partial charge in [0.2, 0.25) is 0 Å². The van der Waals surface area contributed by atoms with E-state index >= 15 is 0 Å². The molecule has 0 spiro atoms. The van der Waals surface area contributed by atoms with Crippen LogP contribution in [0.15, 0.2) is 30.5 Å². The molecule has 0 saturated carbocycles. The monoisotopic (exact) mass is 277 g/mol. The Balaban J connectivity index is 2.15. The molecule has 102 valence electrons. The molecule has 0 bridgehead atoms. The maximum atomic E-state index is 5.41. The van der Waals surface area contributed by atoms with Gasteiger partial charge < -0.3 is 10.1 Å². The van der Waals surface area contributed by atoms with Crippen LogP contribution in [0.1, 0.15) is 29.8 Å². The zero-order valence-electron chi connectivity index (χ0n) is 11.3. The average Bonchev–Trinajstić information content (AvgIpc) is 2.98. The maximum Gasteiger partial charge on any atom is 0.122 e. The largest absolute Gasteiger partial charge is 0.496 e. The predicted octanol–water partition coefficient (Wildman–Crippen LogP) is 2.83. The molecule has 1 N–H and O–H groups in total. The summed E-state index contributed by atoms with van der Waals surface area (Å²) < 4.78 is 9.37. The van der Waals surface area contributed by atoms with Gasteiger partial charge in [0.25, 0.3) is 0 Å². The zero-order chi connectivity index (χ0) is 13.5. The van der Waals surface area contributed by atoms with E-state index in [1.54, 1.807) is 7.11 Å². The van der Waals surface area contributed by atoms with Gasteiger partial charge in [0, 0.05) is 6.04 Å².